The van der Waals surface area contributed by atoms with Crippen LogP contribution in [0, 0.1) is 18.3 Å². The molecule has 0 saturated heterocycles. The molecule has 0 N–H and O–H groups in total. The zero-order valence-corrected chi connectivity index (χ0v) is 13.8. The molecule has 1 fully saturated rings. The summed E-state index contributed by atoms with van der Waals surface area (Å²) < 4.78 is 1.94. The molecular weight excluding hydrogens is 312 g/mol. The lowest BCUT2D eigenvalue weighted by Crippen LogP contribution is -2.01. The van der Waals surface area contributed by atoms with Gasteiger partial charge in [-0.2, -0.15) is 5.26 Å². The third-order valence-corrected chi connectivity index (χ3v) is 4.55. The number of benzene rings is 1. The Labute approximate surface area is 145 Å². The number of carbonyl (C=O) groups excluding carboxylic acids is 1. The molecule has 1 aromatic carbocycles. The molecule has 0 amide bonds. The molecule has 2 aromatic heterocycles. The van der Waals surface area contributed by atoms with Gasteiger partial charge in [-0.05, 0) is 56.2 Å². The maximum Gasteiger partial charge on any atom is 0.170 e. The fourth-order valence-corrected chi connectivity index (χ4v) is 2.98. The van der Waals surface area contributed by atoms with E-state index < -0.39 is 0 Å². The zero-order valence-electron chi connectivity index (χ0n) is 13.8. The number of imidazole rings is 1. The number of carbonyl (C=O) groups is 1. The summed E-state index contributed by atoms with van der Waals surface area (Å²) in [6.45, 7) is 1.87. The third kappa shape index (κ3) is 2.72. The number of nitriles is 1. The van der Waals surface area contributed by atoms with Gasteiger partial charge >= 0.3 is 0 Å². The summed E-state index contributed by atoms with van der Waals surface area (Å²) in [4.78, 5) is 20.4. The fraction of sp³-hybridized carbons (Fsp3) is 0.200. The molecule has 0 unspecified atom stereocenters. The van der Waals surface area contributed by atoms with Crippen LogP contribution in [-0.4, -0.2) is 20.8 Å². The van der Waals surface area contributed by atoms with E-state index in [1.807, 2.05) is 35.9 Å². The molecule has 0 spiro atoms. The molecule has 0 bridgehead atoms. The van der Waals surface area contributed by atoms with Gasteiger partial charge in [0.1, 0.15) is 11.5 Å². The molecule has 0 atom stereocenters. The number of aldehydes is 1. The maximum absolute atomic E-state index is 11.4. The Hall–Kier alpha value is -3.26. The average Bonchev–Trinajstić information content (AvgIpc) is 3.45. The highest BCUT2D eigenvalue weighted by atomic mass is 16.1. The summed E-state index contributed by atoms with van der Waals surface area (Å²) in [7, 11) is 0. The molecule has 4 rings (SSSR count). The van der Waals surface area contributed by atoms with Gasteiger partial charge in [-0.15, -0.1) is 0 Å². The van der Waals surface area contributed by atoms with E-state index in [0.717, 1.165) is 28.9 Å². The van der Waals surface area contributed by atoms with E-state index in [0.29, 0.717) is 23.0 Å². The van der Waals surface area contributed by atoms with Crippen LogP contribution in [0.1, 0.15) is 46.2 Å². The van der Waals surface area contributed by atoms with Crippen LogP contribution >= 0.6 is 0 Å². The van der Waals surface area contributed by atoms with Gasteiger partial charge < -0.3 is 0 Å². The summed E-state index contributed by atoms with van der Waals surface area (Å²) in [5.74, 6) is 1.27. The number of hydrogen-bond acceptors (Lipinski definition) is 4. The van der Waals surface area contributed by atoms with Crippen molar-refractivity contribution >= 4 is 6.29 Å². The van der Waals surface area contributed by atoms with Crippen molar-refractivity contribution in [3.05, 3.63) is 65.2 Å². The van der Waals surface area contributed by atoms with Crippen molar-refractivity contribution in [2.24, 2.45) is 0 Å². The Morgan fingerprint density at radius 3 is 2.52 bits per heavy atom. The van der Waals surface area contributed by atoms with E-state index in [1.165, 1.54) is 12.8 Å². The van der Waals surface area contributed by atoms with E-state index in [1.54, 1.807) is 12.1 Å². The molecule has 122 valence electrons. The summed E-state index contributed by atoms with van der Waals surface area (Å²) in [5, 5.41) is 8.97. The lowest BCUT2D eigenvalue weighted by atomic mass is 10.1. The van der Waals surface area contributed by atoms with Gasteiger partial charge in [-0.1, -0.05) is 0 Å². The Morgan fingerprint density at radius 1 is 1.20 bits per heavy atom. The van der Waals surface area contributed by atoms with E-state index in [4.69, 9.17) is 5.26 Å². The lowest BCUT2D eigenvalue weighted by molar-refractivity contribution is 0.111. The summed E-state index contributed by atoms with van der Waals surface area (Å²) >= 11 is 0. The van der Waals surface area contributed by atoms with Crippen LogP contribution in [-0.2, 0) is 0 Å². The maximum atomic E-state index is 11.4. The summed E-state index contributed by atoms with van der Waals surface area (Å²) in [6.07, 6.45) is 5.03. The number of nitrogens with zero attached hydrogens (tertiary/aromatic N) is 4. The molecular formula is C20H16N4O. The molecule has 25 heavy (non-hydrogen) atoms. The minimum atomic E-state index is 0.408. The van der Waals surface area contributed by atoms with Crippen LogP contribution < -0.4 is 0 Å². The largest absolute Gasteiger partial charge is 0.296 e. The van der Waals surface area contributed by atoms with Gasteiger partial charge in [0.05, 0.1) is 29.2 Å². The molecule has 1 aliphatic carbocycles. The Morgan fingerprint density at radius 2 is 1.96 bits per heavy atom. The van der Waals surface area contributed by atoms with Crippen LogP contribution in [0.4, 0.5) is 0 Å². The van der Waals surface area contributed by atoms with Gasteiger partial charge in [0.25, 0.3) is 0 Å². The van der Waals surface area contributed by atoms with Crippen molar-refractivity contribution in [1.29, 1.82) is 5.26 Å². The predicted octanol–water partition coefficient (Wildman–Crippen LogP) is 3.80. The van der Waals surface area contributed by atoms with Crippen molar-refractivity contribution in [1.82, 2.24) is 14.5 Å². The molecule has 0 aliphatic heterocycles. The first-order valence-electron chi connectivity index (χ1n) is 8.22. The summed E-state index contributed by atoms with van der Waals surface area (Å²) in [6, 6.07) is 13.4. The highest BCUT2D eigenvalue weighted by Gasteiger charge is 2.25. The molecule has 5 nitrogen and oxygen atoms in total. The average molecular weight is 328 g/mol. The first kappa shape index (κ1) is 15.3. The van der Waals surface area contributed by atoms with Crippen LogP contribution in [0.3, 0.4) is 0 Å². The van der Waals surface area contributed by atoms with Crippen LogP contribution in [0.5, 0.6) is 0 Å². The predicted molar refractivity (Wildman–Crippen MR) is 93.6 cm³/mol. The standard InChI is InChI=1S/C20H16N4O/c1-13-19(12-25)23-20(16-4-2-14(10-21)3-5-16)24(13)17-8-9-18(22-11-17)15-6-7-15/h2-5,8-9,11-12,15H,6-7H2,1H3. The SMILES string of the molecule is Cc1c(C=O)nc(-c2ccc(C#N)cc2)n1-c1ccc(C2CC2)nc1. The molecule has 5 heteroatoms. The molecule has 2 heterocycles. The van der Waals surface area contributed by atoms with E-state index in [-0.39, 0.29) is 0 Å². The molecule has 1 aliphatic rings. The smallest absolute Gasteiger partial charge is 0.170 e. The monoisotopic (exact) mass is 328 g/mol. The fourth-order valence-electron chi connectivity index (χ4n) is 2.98. The topological polar surface area (TPSA) is 71.6 Å². The van der Waals surface area contributed by atoms with Crippen molar-refractivity contribution in [3.8, 4) is 23.1 Å². The number of aromatic nitrogens is 3. The highest BCUT2D eigenvalue weighted by molar-refractivity contribution is 5.77. The quantitative estimate of drug-likeness (QED) is 0.683. The summed E-state index contributed by atoms with van der Waals surface area (Å²) in [5.41, 5.74) is 4.62. The van der Waals surface area contributed by atoms with Gasteiger partial charge in [0, 0.05) is 17.2 Å². The second-order valence-electron chi connectivity index (χ2n) is 6.26. The van der Waals surface area contributed by atoms with Crippen molar-refractivity contribution in [2.75, 3.05) is 0 Å². The first-order chi connectivity index (χ1) is 12.2. The Balaban J connectivity index is 1.83. The van der Waals surface area contributed by atoms with Crippen molar-refractivity contribution in [2.45, 2.75) is 25.7 Å². The van der Waals surface area contributed by atoms with Crippen LogP contribution in [0.15, 0.2) is 42.6 Å². The minimum absolute atomic E-state index is 0.408. The lowest BCUT2D eigenvalue weighted by Gasteiger charge is -2.11. The number of pyridine rings is 1. The van der Waals surface area contributed by atoms with Gasteiger partial charge in [0.15, 0.2) is 6.29 Å². The van der Waals surface area contributed by atoms with Gasteiger partial charge in [-0.25, -0.2) is 4.98 Å². The normalized spacial score (nSPS) is 13.4. The second-order valence-corrected chi connectivity index (χ2v) is 6.26. The highest BCUT2D eigenvalue weighted by Crippen LogP contribution is 2.39. The van der Waals surface area contributed by atoms with E-state index in [2.05, 4.69) is 22.1 Å². The van der Waals surface area contributed by atoms with Gasteiger partial charge in [0.2, 0.25) is 0 Å². The minimum Gasteiger partial charge on any atom is -0.296 e. The number of rotatable bonds is 4. The molecule has 3 aromatic rings. The van der Waals surface area contributed by atoms with Crippen LogP contribution in [0.25, 0.3) is 17.1 Å². The first-order valence-corrected chi connectivity index (χ1v) is 8.22. The Kier molecular flexibility index (Phi) is 3.66. The van der Waals surface area contributed by atoms with E-state index >= 15 is 0 Å². The third-order valence-electron chi connectivity index (χ3n) is 4.55. The Bertz CT molecular complexity index is 974. The molecule has 1 saturated carbocycles. The van der Waals surface area contributed by atoms with Gasteiger partial charge in [-0.3, -0.25) is 14.3 Å². The van der Waals surface area contributed by atoms with Crippen molar-refractivity contribution < 1.29 is 4.79 Å². The number of hydrogen-bond donors (Lipinski definition) is 0. The van der Waals surface area contributed by atoms with Crippen molar-refractivity contribution in [3.63, 3.8) is 0 Å². The second kappa shape index (κ2) is 5.99. The van der Waals surface area contributed by atoms with Crippen LogP contribution in [0.2, 0.25) is 0 Å². The molecule has 0 radical (unpaired) electrons. The van der Waals surface area contributed by atoms with E-state index in [9.17, 15) is 4.79 Å². The zero-order chi connectivity index (χ0) is 17.4.